The van der Waals surface area contributed by atoms with Gasteiger partial charge >= 0.3 is 0 Å². The number of benzene rings is 2. The molecule has 0 aliphatic heterocycles. The van der Waals surface area contributed by atoms with Gasteiger partial charge in [-0.05, 0) is 52.3 Å². The van der Waals surface area contributed by atoms with Crippen LogP contribution in [0.5, 0.6) is 0 Å². The van der Waals surface area contributed by atoms with Gasteiger partial charge in [0.15, 0.2) is 0 Å². The van der Waals surface area contributed by atoms with Gasteiger partial charge < -0.3 is 5.73 Å². The molecule has 0 unspecified atom stereocenters. The smallest absolute Gasteiger partial charge is 0.0417 e. The van der Waals surface area contributed by atoms with E-state index in [1.807, 2.05) is 42.5 Å². The predicted octanol–water partition coefficient (Wildman–Crippen LogP) is 4.84. The maximum atomic E-state index is 5.93. The van der Waals surface area contributed by atoms with E-state index < -0.39 is 0 Å². The zero-order valence-corrected chi connectivity index (χ0v) is 11.4. The van der Waals surface area contributed by atoms with Gasteiger partial charge in [0.2, 0.25) is 0 Å². The third-order valence-electron chi connectivity index (χ3n) is 1.98. The fourth-order valence-corrected chi connectivity index (χ4v) is 3.03. The first-order valence-corrected chi connectivity index (χ1v) is 6.62. The Labute approximate surface area is 112 Å². The summed E-state index contributed by atoms with van der Waals surface area (Å²) in [5.41, 5.74) is 6.44. The van der Waals surface area contributed by atoms with Crippen LogP contribution < -0.4 is 5.73 Å². The number of hydrogen-bond acceptors (Lipinski definition) is 2. The number of nitrogen functional groups attached to an aromatic ring is 1. The van der Waals surface area contributed by atoms with Crippen molar-refractivity contribution in [2.45, 2.75) is 9.79 Å². The van der Waals surface area contributed by atoms with Gasteiger partial charge in [-0.2, -0.15) is 0 Å². The summed E-state index contributed by atoms with van der Waals surface area (Å²) in [4.78, 5) is 2.23. The lowest BCUT2D eigenvalue weighted by Gasteiger charge is -2.05. The van der Waals surface area contributed by atoms with Gasteiger partial charge in [0.05, 0.1) is 0 Å². The minimum atomic E-state index is 0.747. The summed E-state index contributed by atoms with van der Waals surface area (Å²) in [6.07, 6.45) is 0. The average molecular weight is 315 g/mol. The van der Waals surface area contributed by atoms with Crippen LogP contribution in [0.2, 0.25) is 5.02 Å². The molecule has 16 heavy (non-hydrogen) atoms. The summed E-state index contributed by atoms with van der Waals surface area (Å²) in [6, 6.07) is 13.5. The van der Waals surface area contributed by atoms with Gasteiger partial charge in [-0.25, -0.2) is 0 Å². The summed E-state index contributed by atoms with van der Waals surface area (Å²) in [5, 5.41) is 0.747. The topological polar surface area (TPSA) is 26.0 Å². The molecule has 2 aromatic carbocycles. The van der Waals surface area contributed by atoms with Gasteiger partial charge in [-0.1, -0.05) is 29.4 Å². The summed E-state index contributed by atoms with van der Waals surface area (Å²) >= 11 is 11.1. The molecule has 0 aliphatic carbocycles. The largest absolute Gasteiger partial charge is 0.399 e. The summed E-state index contributed by atoms with van der Waals surface area (Å²) in [6.45, 7) is 0. The lowest BCUT2D eigenvalue weighted by molar-refractivity contribution is 1.37. The second-order valence-corrected chi connectivity index (χ2v) is 5.66. The molecular formula is C12H9BrClNS. The van der Waals surface area contributed by atoms with Crippen LogP contribution in [0.3, 0.4) is 0 Å². The molecule has 0 heterocycles. The van der Waals surface area contributed by atoms with Crippen molar-refractivity contribution in [3.8, 4) is 0 Å². The highest BCUT2D eigenvalue weighted by molar-refractivity contribution is 9.10. The molecule has 0 fully saturated rings. The minimum Gasteiger partial charge on any atom is -0.399 e. The maximum Gasteiger partial charge on any atom is 0.0417 e. The first kappa shape index (κ1) is 11.8. The molecule has 0 aromatic heterocycles. The number of nitrogens with two attached hydrogens (primary N) is 1. The summed E-state index contributed by atoms with van der Waals surface area (Å²) < 4.78 is 0.998. The Kier molecular flexibility index (Phi) is 3.79. The molecule has 0 bridgehead atoms. The molecule has 0 amide bonds. The zero-order valence-electron chi connectivity index (χ0n) is 8.28. The van der Waals surface area contributed by atoms with E-state index in [-0.39, 0.29) is 0 Å². The second-order valence-electron chi connectivity index (χ2n) is 3.25. The van der Waals surface area contributed by atoms with E-state index in [1.54, 1.807) is 11.8 Å². The van der Waals surface area contributed by atoms with Gasteiger partial charge in [0.1, 0.15) is 0 Å². The Hall–Kier alpha value is -0.640. The molecule has 4 heteroatoms. The summed E-state index contributed by atoms with van der Waals surface area (Å²) in [7, 11) is 0. The van der Waals surface area contributed by atoms with Crippen LogP contribution >= 0.6 is 39.3 Å². The van der Waals surface area contributed by atoms with Crippen molar-refractivity contribution in [1.82, 2.24) is 0 Å². The van der Waals surface area contributed by atoms with Crippen LogP contribution in [-0.2, 0) is 0 Å². The lowest BCUT2D eigenvalue weighted by Crippen LogP contribution is -1.84. The van der Waals surface area contributed by atoms with Gasteiger partial charge in [0, 0.05) is 25.0 Å². The fraction of sp³-hybridized carbons (Fsp3) is 0. The van der Waals surface area contributed by atoms with E-state index in [1.165, 1.54) is 0 Å². The molecule has 2 aromatic rings. The predicted molar refractivity (Wildman–Crippen MR) is 74.1 cm³/mol. The van der Waals surface area contributed by atoms with Gasteiger partial charge in [-0.15, -0.1) is 0 Å². The first-order valence-electron chi connectivity index (χ1n) is 4.63. The molecule has 0 saturated heterocycles. The second kappa shape index (κ2) is 5.13. The van der Waals surface area contributed by atoms with Crippen molar-refractivity contribution in [3.63, 3.8) is 0 Å². The number of rotatable bonds is 2. The van der Waals surface area contributed by atoms with E-state index in [0.29, 0.717) is 0 Å². The number of hydrogen-bond donors (Lipinski definition) is 1. The van der Waals surface area contributed by atoms with Crippen LogP contribution in [0, 0.1) is 0 Å². The highest BCUT2D eigenvalue weighted by atomic mass is 79.9. The Morgan fingerprint density at radius 1 is 1.12 bits per heavy atom. The van der Waals surface area contributed by atoms with Crippen molar-refractivity contribution < 1.29 is 0 Å². The third kappa shape index (κ3) is 2.94. The van der Waals surface area contributed by atoms with Crippen LogP contribution in [0.15, 0.2) is 56.7 Å². The number of halogens is 2. The molecular weight excluding hydrogens is 306 g/mol. The van der Waals surface area contributed by atoms with Gasteiger partial charge in [-0.3, -0.25) is 0 Å². The van der Waals surface area contributed by atoms with E-state index >= 15 is 0 Å². The highest BCUT2D eigenvalue weighted by Gasteiger charge is 2.03. The molecule has 82 valence electrons. The molecule has 0 spiro atoms. The number of anilines is 1. The van der Waals surface area contributed by atoms with Crippen LogP contribution in [0.25, 0.3) is 0 Å². The molecule has 0 atom stereocenters. The normalized spacial score (nSPS) is 10.4. The molecule has 0 aliphatic rings. The third-order valence-corrected chi connectivity index (χ3v) is 4.20. The van der Waals surface area contributed by atoms with Crippen molar-refractivity contribution in [2.75, 3.05) is 5.73 Å². The Morgan fingerprint density at radius 2 is 1.94 bits per heavy atom. The van der Waals surface area contributed by atoms with E-state index in [2.05, 4.69) is 15.9 Å². The van der Waals surface area contributed by atoms with Crippen LogP contribution in [-0.4, -0.2) is 0 Å². The Balaban J connectivity index is 2.27. The SMILES string of the molecule is Nc1ccc(Sc2cccc(Cl)c2)c(Br)c1. The fourth-order valence-electron chi connectivity index (χ4n) is 1.26. The Morgan fingerprint density at radius 3 is 2.62 bits per heavy atom. The standard InChI is InChI=1S/C12H9BrClNS/c13-11-7-9(15)4-5-12(11)16-10-3-1-2-8(14)6-10/h1-7H,15H2. The van der Waals surface area contributed by atoms with E-state index in [0.717, 1.165) is 25.0 Å². The Bertz CT molecular complexity index is 516. The minimum absolute atomic E-state index is 0.747. The molecule has 1 nitrogen and oxygen atoms in total. The molecule has 2 rings (SSSR count). The van der Waals surface area contributed by atoms with E-state index in [4.69, 9.17) is 17.3 Å². The van der Waals surface area contributed by atoms with Crippen molar-refractivity contribution in [2.24, 2.45) is 0 Å². The molecule has 0 radical (unpaired) electrons. The average Bonchev–Trinajstić information content (AvgIpc) is 2.22. The molecule has 0 saturated carbocycles. The quantitative estimate of drug-likeness (QED) is 0.803. The van der Waals surface area contributed by atoms with Crippen molar-refractivity contribution >= 4 is 45.0 Å². The van der Waals surface area contributed by atoms with Crippen molar-refractivity contribution in [1.29, 1.82) is 0 Å². The van der Waals surface area contributed by atoms with Crippen LogP contribution in [0.1, 0.15) is 0 Å². The van der Waals surface area contributed by atoms with Crippen LogP contribution in [0.4, 0.5) is 5.69 Å². The summed E-state index contributed by atoms with van der Waals surface area (Å²) in [5.74, 6) is 0. The zero-order chi connectivity index (χ0) is 11.5. The highest BCUT2D eigenvalue weighted by Crippen LogP contribution is 2.35. The van der Waals surface area contributed by atoms with Crippen molar-refractivity contribution in [3.05, 3.63) is 52.0 Å². The van der Waals surface area contributed by atoms with E-state index in [9.17, 15) is 0 Å². The maximum absolute atomic E-state index is 5.93. The lowest BCUT2D eigenvalue weighted by atomic mass is 10.3. The van der Waals surface area contributed by atoms with Gasteiger partial charge in [0.25, 0.3) is 0 Å². The monoisotopic (exact) mass is 313 g/mol. The molecule has 2 N–H and O–H groups in total. The first-order chi connectivity index (χ1) is 7.65.